The summed E-state index contributed by atoms with van der Waals surface area (Å²) >= 11 is 7.88. The normalized spacial score (nSPS) is 10.6. The molecule has 0 aliphatic rings. The van der Waals surface area contributed by atoms with Crippen molar-refractivity contribution in [1.29, 1.82) is 0 Å². The van der Waals surface area contributed by atoms with E-state index in [9.17, 15) is 14.4 Å². The van der Waals surface area contributed by atoms with Gasteiger partial charge < -0.3 is 25.4 Å². The lowest BCUT2D eigenvalue weighted by atomic mass is 10.1. The number of amides is 3. The van der Waals surface area contributed by atoms with Crippen LogP contribution in [0, 0.1) is 6.92 Å². The van der Waals surface area contributed by atoms with Crippen LogP contribution in [0.2, 0.25) is 5.15 Å². The molecule has 0 saturated carbocycles. The largest absolute Gasteiger partial charge is 0.497 e. The average Bonchev–Trinajstić information content (AvgIpc) is 3.48. The van der Waals surface area contributed by atoms with Crippen LogP contribution in [-0.2, 0) is 9.53 Å². The van der Waals surface area contributed by atoms with Gasteiger partial charge in [-0.1, -0.05) is 23.7 Å². The Balaban J connectivity index is 1.62. The first-order valence-electron chi connectivity index (χ1n) is 11.8. The number of nitrogens with zero attached hydrogens (tertiary/aromatic N) is 2. The zero-order valence-electron chi connectivity index (χ0n) is 21.6. The fourth-order valence-electron chi connectivity index (χ4n) is 3.80. The molecular weight excluding hydrogens is 542 g/mol. The minimum Gasteiger partial charge on any atom is -0.497 e. The molecule has 4 rings (SSSR count). The van der Waals surface area contributed by atoms with Gasteiger partial charge in [-0.2, -0.15) is 0 Å². The second kappa shape index (κ2) is 12.0. The highest BCUT2D eigenvalue weighted by molar-refractivity contribution is 7.14. The molecule has 3 N–H and O–H groups in total. The van der Waals surface area contributed by atoms with Gasteiger partial charge in [-0.05, 0) is 49.7 Å². The molecular formula is C27H26ClN5O5S. The number of nitrogens with one attached hydrogen (secondary N) is 3. The lowest BCUT2D eigenvalue weighted by Gasteiger charge is -2.14. The highest BCUT2D eigenvalue weighted by Gasteiger charge is 2.24. The predicted octanol–water partition coefficient (Wildman–Crippen LogP) is 6.35. The van der Waals surface area contributed by atoms with Crippen molar-refractivity contribution in [3.05, 3.63) is 70.3 Å². The van der Waals surface area contributed by atoms with Gasteiger partial charge in [-0.15, -0.1) is 11.3 Å². The molecule has 10 nitrogen and oxygen atoms in total. The fourth-order valence-corrected chi connectivity index (χ4v) is 4.86. The summed E-state index contributed by atoms with van der Waals surface area (Å²) in [6.45, 7) is 5.09. The van der Waals surface area contributed by atoms with E-state index in [4.69, 9.17) is 21.1 Å². The monoisotopic (exact) mass is 567 g/mol. The van der Waals surface area contributed by atoms with Crippen LogP contribution in [0.4, 0.5) is 21.3 Å². The summed E-state index contributed by atoms with van der Waals surface area (Å²) in [7, 11) is 1.57. The fraction of sp³-hybridized carbons (Fsp3) is 0.185. The number of thiazole rings is 1. The summed E-state index contributed by atoms with van der Waals surface area (Å²) in [5, 5.41) is 10.7. The van der Waals surface area contributed by atoms with E-state index in [0.29, 0.717) is 27.9 Å². The summed E-state index contributed by atoms with van der Waals surface area (Å²) in [4.78, 5) is 41.6. The maximum atomic E-state index is 13.0. The maximum Gasteiger partial charge on any atom is 0.357 e. The number of esters is 1. The van der Waals surface area contributed by atoms with E-state index in [1.54, 1.807) is 44.4 Å². The molecule has 2 aromatic heterocycles. The van der Waals surface area contributed by atoms with Crippen LogP contribution in [-0.4, -0.2) is 41.2 Å². The molecule has 2 aromatic carbocycles. The number of ether oxygens (including phenoxy) is 2. The number of carbonyl (C=O) groups is 3. The summed E-state index contributed by atoms with van der Waals surface area (Å²) in [5.41, 5.74) is 3.70. The Kier molecular flexibility index (Phi) is 8.52. The first-order valence-corrected chi connectivity index (χ1v) is 13.1. The van der Waals surface area contributed by atoms with Gasteiger partial charge in [0.15, 0.2) is 10.8 Å². The second-order valence-electron chi connectivity index (χ2n) is 8.31. The van der Waals surface area contributed by atoms with Crippen LogP contribution in [0.15, 0.2) is 53.9 Å². The number of hydrogen-bond donors (Lipinski definition) is 3. The molecule has 0 spiro atoms. The molecule has 3 amide bonds. The van der Waals surface area contributed by atoms with Crippen molar-refractivity contribution >= 4 is 57.4 Å². The minimum absolute atomic E-state index is 0.0674. The van der Waals surface area contributed by atoms with Crippen molar-refractivity contribution in [3.8, 4) is 22.7 Å². The van der Waals surface area contributed by atoms with Crippen molar-refractivity contribution in [2.24, 2.45) is 0 Å². The number of anilines is 3. The van der Waals surface area contributed by atoms with Gasteiger partial charge in [0.25, 0.3) is 0 Å². The van der Waals surface area contributed by atoms with Gasteiger partial charge in [0.1, 0.15) is 10.9 Å². The highest BCUT2D eigenvalue weighted by atomic mass is 35.5. The van der Waals surface area contributed by atoms with E-state index in [1.807, 2.05) is 24.4 Å². The number of carbonyl (C=O) groups excluding carboxylic acids is 3. The van der Waals surface area contributed by atoms with Crippen LogP contribution < -0.4 is 20.7 Å². The predicted molar refractivity (Wildman–Crippen MR) is 153 cm³/mol. The smallest absolute Gasteiger partial charge is 0.357 e. The molecule has 0 radical (unpaired) electrons. The van der Waals surface area contributed by atoms with Crippen molar-refractivity contribution < 1.29 is 23.9 Å². The van der Waals surface area contributed by atoms with Gasteiger partial charge >= 0.3 is 12.0 Å². The first-order chi connectivity index (χ1) is 18.7. The number of halogens is 1. The van der Waals surface area contributed by atoms with Crippen molar-refractivity contribution in [1.82, 2.24) is 9.55 Å². The number of methoxy groups -OCH3 is 1. The van der Waals surface area contributed by atoms with Crippen LogP contribution in [0.3, 0.4) is 0 Å². The third kappa shape index (κ3) is 6.39. The Morgan fingerprint density at radius 1 is 1.03 bits per heavy atom. The molecule has 0 bridgehead atoms. The number of hydrogen-bond acceptors (Lipinski definition) is 7. The SMILES string of the molecule is CCOC(=O)c1c(NC(=O)Nc2ccc(OC)cc2C)cc(Cl)n1-c1ccc(-c2csc(NC(C)=O)n2)cc1. The Morgan fingerprint density at radius 2 is 1.74 bits per heavy atom. The van der Waals surface area contributed by atoms with Gasteiger partial charge in [0.2, 0.25) is 5.91 Å². The zero-order chi connectivity index (χ0) is 28.1. The second-order valence-corrected chi connectivity index (χ2v) is 9.56. The van der Waals surface area contributed by atoms with E-state index in [2.05, 4.69) is 20.9 Å². The van der Waals surface area contributed by atoms with Crippen molar-refractivity contribution in [3.63, 3.8) is 0 Å². The van der Waals surface area contributed by atoms with E-state index in [-0.39, 0.29) is 29.0 Å². The quantitative estimate of drug-likeness (QED) is 0.213. The first kappa shape index (κ1) is 27.7. The Labute approximate surface area is 233 Å². The van der Waals surface area contributed by atoms with E-state index >= 15 is 0 Å². The number of rotatable bonds is 8. The minimum atomic E-state index is -0.649. The van der Waals surface area contributed by atoms with Gasteiger partial charge in [-0.25, -0.2) is 14.6 Å². The molecule has 0 saturated heterocycles. The van der Waals surface area contributed by atoms with Crippen LogP contribution in [0.5, 0.6) is 5.75 Å². The van der Waals surface area contributed by atoms with Crippen LogP contribution >= 0.6 is 22.9 Å². The third-order valence-electron chi connectivity index (χ3n) is 5.56. The van der Waals surface area contributed by atoms with Crippen LogP contribution in [0.25, 0.3) is 16.9 Å². The summed E-state index contributed by atoms with van der Waals surface area (Å²) in [5.74, 6) is -0.179. The molecule has 0 atom stereocenters. The number of aromatic nitrogens is 2. The van der Waals surface area contributed by atoms with E-state index < -0.39 is 12.0 Å². The molecule has 0 fully saturated rings. The van der Waals surface area contributed by atoms with E-state index in [0.717, 1.165) is 11.1 Å². The van der Waals surface area contributed by atoms with E-state index in [1.165, 1.54) is 28.9 Å². The molecule has 2 heterocycles. The maximum absolute atomic E-state index is 13.0. The van der Waals surface area contributed by atoms with Crippen molar-refractivity contribution in [2.75, 3.05) is 29.7 Å². The molecule has 0 unspecified atom stereocenters. The van der Waals surface area contributed by atoms with Crippen molar-refractivity contribution in [2.45, 2.75) is 20.8 Å². The molecule has 0 aliphatic carbocycles. The average molecular weight is 568 g/mol. The molecule has 0 aliphatic heterocycles. The van der Waals surface area contributed by atoms with Gasteiger partial charge in [0.05, 0.1) is 25.1 Å². The zero-order valence-corrected chi connectivity index (χ0v) is 23.2. The van der Waals surface area contributed by atoms with Crippen LogP contribution in [0.1, 0.15) is 29.9 Å². The lowest BCUT2D eigenvalue weighted by molar-refractivity contribution is -0.114. The Bertz CT molecular complexity index is 1530. The summed E-state index contributed by atoms with van der Waals surface area (Å²) < 4.78 is 12.0. The summed E-state index contributed by atoms with van der Waals surface area (Å²) in [6, 6.07) is 13.4. The molecule has 12 heteroatoms. The number of benzene rings is 2. The summed E-state index contributed by atoms with van der Waals surface area (Å²) in [6.07, 6.45) is 0. The van der Waals surface area contributed by atoms with Gasteiger partial charge in [0, 0.05) is 35.3 Å². The Morgan fingerprint density at radius 3 is 2.38 bits per heavy atom. The topological polar surface area (TPSA) is 124 Å². The number of urea groups is 1. The Hall–Kier alpha value is -4.35. The molecule has 4 aromatic rings. The van der Waals surface area contributed by atoms with Gasteiger partial charge in [-0.3, -0.25) is 9.36 Å². The molecule has 202 valence electrons. The standard InChI is InChI=1S/C27H26ClN5O5S/c1-5-38-25(35)24-21(31-26(36)30-20-11-10-19(37-4)12-15(20)2)13-23(28)33(24)18-8-6-17(7-9-18)22-14-39-27(32-22)29-16(3)34/h6-14H,5H2,1-4H3,(H,29,32,34)(H2,30,31,36). The lowest BCUT2D eigenvalue weighted by Crippen LogP contribution is -2.22. The highest BCUT2D eigenvalue weighted by Crippen LogP contribution is 2.32. The molecule has 39 heavy (non-hydrogen) atoms. The number of aryl methyl sites for hydroxylation is 1. The third-order valence-corrected chi connectivity index (χ3v) is 6.60.